The van der Waals surface area contributed by atoms with Crippen molar-refractivity contribution >= 4 is 18.0 Å². The van der Waals surface area contributed by atoms with Gasteiger partial charge in [0.2, 0.25) is 5.91 Å². The molecule has 0 N–H and O–H groups in total. The van der Waals surface area contributed by atoms with Gasteiger partial charge in [-0.25, -0.2) is 14.5 Å². The van der Waals surface area contributed by atoms with Crippen LogP contribution in [0.3, 0.4) is 0 Å². The van der Waals surface area contributed by atoms with Crippen molar-refractivity contribution in [2.75, 3.05) is 6.61 Å². The fourth-order valence-corrected chi connectivity index (χ4v) is 5.16. The SMILES string of the molecule is C[C@H](C(=O)N1C(=O)OC[C@H]1Cc1ccccc1)[C@@H](c1ccccc1)N(Cc1ccccc1)OC(=O)c1ccccc1. The second-order valence-corrected chi connectivity index (χ2v) is 10.1. The molecule has 1 fully saturated rings. The second kappa shape index (κ2) is 13.1. The predicted octanol–water partition coefficient (Wildman–Crippen LogP) is 6.23. The van der Waals surface area contributed by atoms with Gasteiger partial charge in [-0.1, -0.05) is 116 Å². The average Bonchev–Trinajstić information content (AvgIpc) is 3.38. The van der Waals surface area contributed by atoms with Crippen LogP contribution in [-0.2, 0) is 27.3 Å². The minimum atomic E-state index is -0.770. The van der Waals surface area contributed by atoms with Gasteiger partial charge >= 0.3 is 12.1 Å². The highest BCUT2D eigenvalue weighted by molar-refractivity contribution is 5.95. The molecule has 1 saturated heterocycles. The molecule has 0 bridgehead atoms. The summed E-state index contributed by atoms with van der Waals surface area (Å²) in [4.78, 5) is 47.6. The quantitative estimate of drug-likeness (QED) is 0.219. The summed E-state index contributed by atoms with van der Waals surface area (Å²) in [6.45, 7) is 2.12. The van der Waals surface area contributed by atoms with Crippen LogP contribution in [-0.4, -0.2) is 40.6 Å². The van der Waals surface area contributed by atoms with Crippen LogP contribution in [0.4, 0.5) is 4.79 Å². The van der Waals surface area contributed by atoms with Crippen LogP contribution >= 0.6 is 0 Å². The predicted molar refractivity (Wildman–Crippen MR) is 154 cm³/mol. The van der Waals surface area contributed by atoms with E-state index in [0.29, 0.717) is 12.0 Å². The molecule has 1 aliphatic rings. The summed E-state index contributed by atoms with van der Waals surface area (Å²) in [5.74, 6) is -1.70. The molecule has 7 nitrogen and oxygen atoms in total. The topological polar surface area (TPSA) is 76.2 Å². The number of carbonyl (C=O) groups is 3. The summed E-state index contributed by atoms with van der Waals surface area (Å²) in [7, 11) is 0. The van der Waals surface area contributed by atoms with E-state index in [-0.39, 0.29) is 13.2 Å². The molecule has 0 radical (unpaired) electrons. The van der Waals surface area contributed by atoms with Crippen LogP contribution in [0.2, 0.25) is 0 Å². The fourth-order valence-electron chi connectivity index (χ4n) is 5.16. The summed E-state index contributed by atoms with van der Waals surface area (Å²) in [6, 6.07) is 36.3. The van der Waals surface area contributed by atoms with Crippen molar-refractivity contribution in [2.24, 2.45) is 5.92 Å². The van der Waals surface area contributed by atoms with E-state index in [1.165, 1.54) is 4.90 Å². The van der Waals surface area contributed by atoms with E-state index in [1.807, 2.05) is 97.1 Å². The number of carbonyl (C=O) groups excluding carboxylic acids is 3. The lowest BCUT2D eigenvalue weighted by Gasteiger charge is -2.35. The van der Waals surface area contributed by atoms with Gasteiger partial charge in [0.05, 0.1) is 30.1 Å². The number of nitrogens with zero attached hydrogens (tertiary/aromatic N) is 2. The Labute approximate surface area is 239 Å². The summed E-state index contributed by atoms with van der Waals surface area (Å²) < 4.78 is 5.35. The van der Waals surface area contributed by atoms with Crippen LogP contribution < -0.4 is 0 Å². The zero-order chi connectivity index (χ0) is 28.6. The Hall–Kier alpha value is -4.75. The molecule has 3 atom stereocenters. The van der Waals surface area contributed by atoms with E-state index in [9.17, 15) is 14.4 Å². The highest BCUT2D eigenvalue weighted by Crippen LogP contribution is 2.34. The minimum absolute atomic E-state index is 0.124. The largest absolute Gasteiger partial charge is 0.447 e. The highest BCUT2D eigenvalue weighted by Gasteiger charge is 2.44. The lowest BCUT2D eigenvalue weighted by Crippen LogP contribution is -2.47. The third kappa shape index (κ3) is 6.70. The molecule has 5 rings (SSSR count). The maximum absolute atomic E-state index is 14.1. The number of rotatable bonds is 10. The van der Waals surface area contributed by atoms with Gasteiger partial charge in [0.15, 0.2) is 0 Å². The summed E-state index contributed by atoms with van der Waals surface area (Å²) in [5.41, 5.74) is 3.07. The standard InChI is InChI=1S/C34H32N2O5/c1-25(32(37)36-30(24-40-34(36)39)22-26-14-6-2-7-15-26)31(28-18-10-4-11-19-28)35(23-27-16-8-3-9-17-27)41-33(38)29-20-12-5-13-21-29/h2-21,25,30-31H,22-24H2,1H3/t25-,30+,31-/m0/s1. The maximum Gasteiger partial charge on any atom is 0.416 e. The Balaban J connectivity index is 1.49. The Morgan fingerprint density at radius 2 is 1.37 bits per heavy atom. The van der Waals surface area contributed by atoms with Crippen molar-refractivity contribution in [1.29, 1.82) is 0 Å². The van der Waals surface area contributed by atoms with E-state index < -0.39 is 36.0 Å². The molecule has 2 amide bonds. The first-order valence-electron chi connectivity index (χ1n) is 13.7. The normalized spacial score (nSPS) is 16.2. The molecule has 7 heteroatoms. The number of cyclic esters (lactones) is 1. The van der Waals surface area contributed by atoms with E-state index in [4.69, 9.17) is 9.57 Å². The van der Waals surface area contributed by atoms with Crippen molar-refractivity contribution in [1.82, 2.24) is 9.96 Å². The second-order valence-electron chi connectivity index (χ2n) is 10.1. The molecule has 4 aromatic carbocycles. The number of ether oxygens (including phenoxy) is 1. The molecule has 0 unspecified atom stereocenters. The van der Waals surface area contributed by atoms with Crippen molar-refractivity contribution in [3.8, 4) is 0 Å². The van der Waals surface area contributed by atoms with Gasteiger partial charge in [-0.2, -0.15) is 0 Å². The molecule has 1 heterocycles. The lowest BCUT2D eigenvalue weighted by molar-refractivity contribution is -0.168. The Bertz CT molecular complexity index is 1450. The molecule has 41 heavy (non-hydrogen) atoms. The monoisotopic (exact) mass is 548 g/mol. The molecule has 0 aliphatic carbocycles. The van der Waals surface area contributed by atoms with Crippen molar-refractivity contribution in [2.45, 2.75) is 32.0 Å². The highest BCUT2D eigenvalue weighted by atomic mass is 16.7. The van der Waals surface area contributed by atoms with Gasteiger partial charge in [0.1, 0.15) is 6.61 Å². The number of benzene rings is 4. The van der Waals surface area contributed by atoms with E-state index >= 15 is 0 Å². The fraction of sp³-hybridized carbons (Fsp3) is 0.206. The van der Waals surface area contributed by atoms with Crippen LogP contribution in [0, 0.1) is 5.92 Å². The van der Waals surface area contributed by atoms with Gasteiger partial charge in [0, 0.05) is 0 Å². The maximum atomic E-state index is 14.1. The van der Waals surface area contributed by atoms with E-state index in [1.54, 1.807) is 36.3 Å². The van der Waals surface area contributed by atoms with Crippen LogP contribution in [0.15, 0.2) is 121 Å². The molecule has 0 saturated carbocycles. The van der Waals surface area contributed by atoms with Gasteiger partial charge in [-0.3, -0.25) is 4.79 Å². The van der Waals surface area contributed by atoms with Crippen LogP contribution in [0.25, 0.3) is 0 Å². The number of amides is 2. The Morgan fingerprint density at radius 3 is 1.98 bits per heavy atom. The zero-order valence-corrected chi connectivity index (χ0v) is 22.8. The third-order valence-corrected chi connectivity index (χ3v) is 7.22. The Kier molecular flexibility index (Phi) is 8.86. The first-order chi connectivity index (χ1) is 20.0. The van der Waals surface area contributed by atoms with Gasteiger partial charge in [-0.15, -0.1) is 5.06 Å². The molecule has 208 valence electrons. The zero-order valence-electron chi connectivity index (χ0n) is 22.8. The van der Waals surface area contributed by atoms with Crippen LogP contribution in [0.1, 0.15) is 40.0 Å². The summed E-state index contributed by atoms with van der Waals surface area (Å²) in [5, 5.41) is 1.55. The molecular weight excluding hydrogens is 516 g/mol. The van der Waals surface area contributed by atoms with Crippen molar-refractivity contribution in [3.05, 3.63) is 144 Å². The number of hydroxylamine groups is 2. The van der Waals surface area contributed by atoms with Crippen molar-refractivity contribution < 1.29 is 24.0 Å². The average molecular weight is 549 g/mol. The van der Waals surface area contributed by atoms with E-state index in [2.05, 4.69) is 0 Å². The van der Waals surface area contributed by atoms with Gasteiger partial charge in [-0.05, 0) is 35.2 Å². The number of imide groups is 1. The Morgan fingerprint density at radius 1 is 0.829 bits per heavy atom. The van der Waals surface area contributed by atoms with Gasteiger partial charge in [0.25, 0.3) is 0 Å². The van der Waals surface area contributed by atoms with Crippen LogP contribution in [0.5, 0.6) is 0 Å². The summed E-state index contributed by atoms with van der Waals surface area (Å²) in [6.07, 6.45) is -0.178. The molecule has 0 spiro atoms. The first-order valence-corrected chi connectivity index (χ1v) is 13.7. The molecule has 1 aliphatic heterocycles. The van der Waals surface area contributed by atoms with Gasteiger partial charge < -0.3 is 9.57 Å². The number of hydrogen-bond donors (Lipinski definition) is 0. The lowest BCUT2D eigenvalue weighted by atomic mass is 9.91. The molecule has 4 aromatic rings. The third-order valence-electron chi connectivity index (χ3n) is 7.22. The smallest absolute Gasteiger partial charge is 0.416 e. The minimum Gasteiger partial charge on any atom is -0.447 e. The first kappa shape index (κ1) is 27.8. The summed E-state index contributed by atoms with van der Waals surface area (Å²) >= 11 is 0. The molecular formula is C34H32N2O5. The van der Waals surface area contributed by atoms with E-state index in [0.717, 1.165) is 16.7 Å². The molecule has 0 aromatic heterocycles. The van der Waals surface area contributed by atoms with Crippen molar-refractivity contribution in [3.63, 3.8) is 0 Å². The number of hydrogen-bond acceptors (Lipinski definition) is 6.